The average molecular weight is 488 g/mol. The fourth-order valence-corrected chi connectivity index (χ4v) is 5.53. The summed E-state index contributed by atoms with van der Waals surface area (Å²) in [5.74, 6) is 1.03. The Morgan fingerprint density at radius 3 is 2.61 bits per heavy atom. The van der Waals surface area contributed by atoms with E-state index in [0.29, 0.717) is 40.6 Å². The number of benzene rings is 1. The number of rotatable bonds is 8. The third kappa shape index (κ3) is 5.79. The second-order valence-corrected chi connectivity index (χ2v) is 9.97. The van der Waals surface area contributed by atoms with Crippen LogP contribution in [0.3, 0.4) is 0 Å². The summed E-state index contributed by atoms with van der Waals surface area (Å²) in [5, 5.41) is 13.2. The normalized spacial score (nSPS) is 18.9. The molecule has 0 spiro atoms. The number of thioether (sulfide) groups is 1. The van der Waals surface area contributed by atoms with Crippen LogP contribution in [0.25, 0.3) is 0 Å². The van der Waals surface area contributed by atoms with Gasteiger partial charge in [-0.05, 0) is 49.9 Å². The van der Waals surface area contributed by atoms with Crippen molar-refractivity contribution in [3.8, 4) is 0 Å². The molecular formula is C24H30ClN5O2S. The molecule has 7 nitrogen and oxygen atoms in total. The molecule has 2 aliphatic rings. The zero-order chi connectivity index (χ0) is 23.2. The van der Waals surface area contributed by atoms with E-state index in [2.05, 4.69) is 22.1 Å². The number of hydrogen-bond acceptors (Lipinski definition) is 5. The second-order valence-electron chi connectivity index (χ2n) is 8.59. The molecule has 1 aromatic carbocycles. The van der Waals surface area contributed by atoms with Crippen molar-refractivity contribution in [2.45, 2.75) is 68.7 Å². The van der Waals surface area contributed by atoms with Gasteiger partial charge in [-0.1, -0.05) is 48.7 Å². The predicted molar refractivity (Wildman–Crippen MR) is 130 cm³/mol. The van der Waals surface area contributed by atoms with Crippen LogP contribution in [0.5, 0.6) is 0 Å². The Morgan fingerprint density at radius 1 is 1.12 bits per heavy atom. The number of nitrogens with one attached hydrogen (secondary N) is 1. The number of likely N-dealkylation sites (tertiary alicyclic amines) is 1. The standard InChI is InChI=1S/C24H30ClN5O2S/c1-2-14-30-22(20-9-6-15-29(20)23(32)17-10-12-18(25)13-11-17)27-28-24(30)33-16-21(31)26-19-7-4-3-5-8-19/h2,10-13,19-20H,1,3-9,14-16H2,(H,26,31). The molecule has 1 saturated carbocycles. The van der Waals surface area contributed by atoms with Crippen LogP contribution in [-0.4, -0.2) is 49.8 Å². The molecule has 2 heterocycles. The monoisotopic (exact) mass is 487 g/mol. The number of halogens is 1. The summed E-state index contributed by atoms with van der Waals surface area (Å²) in [5.41, 5.74) is 0.607. The molecule has 0 bridgehead atoms. The van der Waals surface area contributed by atoms with Gasteiger partial charge in [-0.25, -0.2) is 0 Å². The van der Waals surface area contributed by atoms with Gasteiger partial charge in [0.1, 0.15) is 0 Å². The van der Waals surface area contributed by atoms with E-state index in [0.717, 1.165) is 31.5 Å². The highest BCUT2D eigenvalue weighted by Crippen LogP contribution is 2.34. The minimum absolute atomic E-state index is 0.0296. The average Bonchev–Trinajstić information content (AvgIpc) is 3.46. The van der Waals surface area contributed by atoms with Crippen LogP contribution in [0.1, 0.15) is 67.2 Å². The van der Waals surface area contributed by atoms with Crippen molar-refractivity contribution < 1.29 is 9.59 Å². The zero-order valence-corrected chi connectivity index (χ0v) is 20.3. The first-order chi connectivity index (χ1) is 16.1. The first-order valence-corrected chi connectivity index (χ1v) is 13.0. The molecule has 2 amide bonds. The maximum atomic E-state index is 13.2. The van der Waals surface area contributed by atoms with Crippen molar-refractivity contribution in [2.24, 2.45) is 0 Å². The van der Waals surface area contributed by atoms with Crippen LogP contribution in [0.2, 0.25) is 5.02 Å². The van der Waals surface area contributed by atoms with Crippen molar-refractivity contribution in [1.82, 2.24) is 25.0 Å². The summed E-state index contributed by atoms with van der Waals surface area (Å²) in [6, 6.07) is 7.09. The fraction of sp³-hybridized carbons (Fsp3) is 0.500. The summed E-state index contributed by atoms with van der Waals surface area (Å²) in [7, 11) is 0. The number of carbonyl (C=O) groups excluding carboxylic acids is 2. The lowest BCUT2D eigenvalue weighted by Crippen LogP contribution is -2.37. The predicted octanol–water partition coefficient (Wildman–Crippen LogP) is 4.64. The lowest BCUT2D eigenvalue weighted by Gasteiger charge is -2.25. The Balaban J connectivity index is 1.45. The Morgan fingerprint density at radius 2 is 1.88 bits per heavy atom. The van der Waals surface area contributed by atoms with E-state index in [1.54, 1.807) is 30.3 Å². The van der Waals surface area contributed by atoms with Crippen molar-refractivity contribution in [1.29, 1.82) is 0 Å². The second kappa shape index (κ2) is 11.2. The van der Waals surface area contributed by atoms with Crippen molar-refractivity contribution in [3.63, 3.8) is 0 Å². The highest BCUT2D eigenvalue weighted by atomic mass is 35.5. The summed E-state index contributed by atoms with van der Waals surface area (Å²) < 4.78 is 1.98. The van der Waals surface area contributed by atoms with Gasteiger partial charge in [-0.15, -0.1) is 16.8 Å². The van der Waals surface area contributed by atoms with E-state index in [1.807, 2.05) is 9.47 Å². The van der Waals surface area contributed by atoms with Crippen LogP contribution in [0.15, 0.2) is 42.1 Å². The lowest BCUT2D eigenvalue weighted by molar-refractivity contribution is -0.119. The fourth-order valence-electron chi connectivity index (χ4n) is 4.64. The van der Waals surface area contributed by atoms with Crippen LogP contribution >= 0.6 is 23.4 Å². The molecule has 1 aliphatic heterocycles. The summed E-state index contributed by atoms with van der Waals surface area (Å²) in [6.07, 6.45) is 9.26. The van der Waals surface area contributed by atoms with Gasteiger partial charge in [0, 0.05) is 29.7 Å². The molecular weight excluding hydrogens is 458 g/mol. The van der Waals surface area contributed by atoms with E-state index in [1.165, 1.54) is 31.0 Å². The van der Waals surface area contributed by atoms with Crippen molar-refractivity contribution in [3.05, 3.63) is 53.3 Å². The minimum Gasteiger partial charge on any atom is -0.353 e. The molecule has 2 fully saturated rings. The number of aromatic nitrogens is 3. The van der Waals surface area contributed by atoms with Gasteiger partial charge in [0.05, 0.1) is 11.8 Å². The zero-order valence-electron chi connectivity index (χ0n) is 18.7. The number of hydrogen-bond donors (Lipinski definition) is 1. The quantitative estimate of drug-likeness (QED) is 0.433. The highest BCUT2D eigenvalue weighted by Gasteiger charge is 2.34. The highest BCUT2D eigenvalue weighted by molar-refractivity contribution is 7.99. The van der Waals surface area contributed by atoms with Gasteiger partial charge in [-0.3, -0.25) is 9.59 Å². The van der Waals surface area contributed by atoms with E-state index in [9.17, 15) is 9.59 Å². The van der Waals surface area contributed by atoms with Crippen LogP contribution in [0, 0.1) is 0 Å². The molecule has 1 aromatic heterocycles. The third-order valence-corrected chi connectivity index (χ3v) is 7.48. The molecule has 2 aromatic rings. The van der Waals surface area contributed by atoms with Crippen LogP contribution < -0.4 is 5.32 Å². The SMILES string of the molecule is C=CCn1c(SCC(=O)NC2CCCCC2)nnc1C1CCCN1C(=O)c1ccc(Cl)cc1. The van der Waals surface area contributed by atoms with Crippen LogP contribution in [-0.2, 0) is 11.3 Å². The molecule has 1 atom stereocenters. The minimum atomic E-state index is -0.161. The first-order valence-electron chi connectivity index (χ1n) is 11.6. The number of allylic oxidation sites excluding steroid dienone is 1. The Kier molecular flexibility index (Phi) is 8.09. The Hall–Kier alpha value is -2.32. The summed E-state index contributed by atoms with van der Waals surface area (Å²) >= 11 is 7.36. The van der Waals surface area contributed by atoms with Gasteiger partial charge in [0.2, 0.25) is 5.91 Å². The number of amides is 2. The smallest absolute Gasteiger partial charge is 0.254 e. The third-order valence-electron chi connectivity index (χ3n) is 6.26. The van der Waals surface area contributed by atoms with Gasteiger partial charge in [0.25, 0.3) is 5.91 Å². The molecule has 4 rings (SSSR count). The lowest BCUT2D eigenvalue weighted by atomic mass is 9.95. The first kappa shape index (κ1) is 23.8. The van der Waals surface area contributed by atoms with Gasteiger partial charge in [0.15, 0.2) is 11.0 Å². The maximum absolute atomic E-state index is 13.2. The molecule has 176 valence electrons. The van der Waals surface area contributed by atoms with Gasteiger partial charge >= 0.3 is 0 Å². The largest absolute Gasteiger partial charge is 0.353 e. The van der Waals surface area contributed by atoms with E-state index >= 15 is 0 Å². The number of nitrogens with zero attached hydrogens (tertiary/aromatic N) is 4. The van der Waals surface area contributed by atoms with E-state index in [-0.39, 0.29) is 17.9 Å². The van der Waals surface area contributed by atoms with E-state index < -0.39 is 0 Å². The van der Waals surface area contributed by atoms with Gasteiger partial charge < -0.3 is 14.8 Å². The topological polar surface area (TPSA) is 80.1 Å². The maximum Gasteiger partial charge on any atom is 0.254 e. The van der Waals surface area contributed by atoms with Crippen LogP contribution in [0.4, 0.5) is 0 Å². The number of carbonyl (C=O) groups is 2. The van der Waals surface area contributed by atoms with E-state index in [4.69, 9.17) is 11.6 Å². The van der Waals surface area contributed by atoms with Crippen molar-refractivity contribution >= 4 is 35.2 Å². The van der Waals surface area contributed by atoms with Crippen molar-refractivity contribution in [2.75, 3.05) is 12.3 Å². The molecule has 33 heavy (non-hydrogen) atoms. The molecule has 0 radical (unpaired) electrons. The molecule has 1 N–H and O–H groups in total. The Bertz CT molecular complexity index is 987. The molecule has 1 aliphatic carbocycles. The summed E-state index contributed by atoms with van der Waals surface area (Å²) in [6.45, 7) is 5.06. The Labute approximate surface area is 204 Å². The van der Waals surface area contributed by atoms with Gasteiger partial charge in [-0.2, -0.15) is 0 Å². The molecule has 9 heteroatoms. The molecule has 1 saturated heterocycles. The molecule has 1 unspecified atom stereocenters. The summed E-state index contributed by atoms with van der Waals surface area (Å²) in [4.78, 5) is 27.5.